The standard InChI is InChI=1S/2C16H36N.FH2O3P/c2*1-5-9-13-17(14-10-6-2,15-11-7-3)16-12-8-4;1-5(2,3)4/h2*5-16H2,1-4H3;(H2,2,3,4)/q2*+1;/p-2. The van der Waals surface area contributed by atoms with Crippen LogP contribution in [-0.2, 0) is 4.57 Å². The van der Waals surface area contributed by atoms with Crippen LogP contribution in [0.5, 0.6) is 0 Å². The number of hydrogen-bond donors (Lipinski definition) is 0. The maximum absolute atomic E-state index is 10.1. The molecule has 0 N–H and O–H groups in total. The van der Waals surface area contributed by atoms with Gasteiger partial charge in [-0.1, -0.05) is 107 Å². The first-order chi connectivity index (χ1) is 18.5. The topological polar surface area (TPSA) is 63.2 Å². The fourth-order valence-corrected chi connectivity index (χ4v) is 5.29. The molecule has 7 heteroatoms. The van der Waals surface area contributed by atoms with E-state index in [0.717, 1.165) is 0 Å². The zero-order valence-electron chi connectivity index (χ0n) is 27.9. The van der Waals surface area contributed by atoms with Gasteiger partial charge in [0.25, 0.3) is 0 Å². The molecule has 0 amide bonds. The van der Waals surface area contributed by atoms with Gasteiger partial charge < -0.3 is 23.3 Å². The molecule has 0 saturated heterocycles. The van der Waals surface area contributed by atoms with Crippen LogP contribution in [0.2, 0.25) is 0 Å². The summed E-state index contributed by atoms with van der Waals surface area (Å²) < 4.78 is 21.4. The summed E-state index contributed by atoms with van der Waals surface area (Å²) in [5.41, 5.74) is 0. The predicted octanol–water partition coefficient (Wildman–Crippen LogP) is 8.79. The van der Waals surface area contributed by atoms with Gasteiger partial charge >= 0.3 is 0 Å². The van der Waals surface area contributed by atoms with Crippen LogP contribution in [0.25, 0.3) is 0 Å². The zero-order valence-corrected chi connectivity index (χ0v) is 28.8. The second-order valence-corrected chi connectivity index (χ2v) is 12.6. The Morgan fingerprint density at radius 3 is 0.590 bits per heavy atom. The van der Waals surface area contributed by atoms with Crippen LogP contribution < -0.4 is 9.79 Å². The molecular formula is C32H72FN2O3P. The fourth-order valence-electron chi connectivity index (χ4n) is 5.29. The third kappa shape index (κ3) is 30.8. The fraction of sp³-hybridized carbons (Fsp3) is 1.00. The highest BCUT2D eigenvalue weighted by Crippen LogP contribution is 2.22. The molecule has 0 aliphatic heterocycles. The van der Waals surface area contributed by atoms with Crippen LogP contribution in [0.1, 0.15) is 158 Å². The molecule has 0 aliphatic carbocycles. The lowest BCUT2D eigenvalue weighted by molar-refractivity contribution is -0.929. The smallest absolute Gasteiger partial charge is 0.110 e. The Balaban J connectivity index is -0.000000566. The molecule has 0 heterocycles. The number of halogens is 1. The van der Waals surface area contributed by atoms with Crippen molar-refractivity contribution in [2.75, 3.05) is 52.4 Å². The average Bonchev–Trinajstić information content (AvgIpc) is 2.91. The highest BCUT2D eigenvalue weighted by Gasteiger charge is 2.25. The Morgan fingerprint density at radius 2 is 0.513 bits per heavy atom. The first kappa shape index (κ1) is 43.5. The van der Waals surface area contributed by atoms with Gasteiger partial charge in [-0.3, -0.25) is 0 Å². The first-order valence-corrected chi connectivity index (χ1v) is 18.3. The van der Waals surface area contributed by atoms with Gasteiger partial charge in [0, 0.05) is 0 Å². The van der Waals surface area contributed by atoms with Crippen molar-refractivity contribution in [3.63, 3.8) is 0 Å². The molecule has 0 aromatic heterocycles. The van der Waals surface area contributed by atoms with Crippen molar-refractivity contribution in [3.8, 4) is 0 Å². The average molecular weight is 583 g/mol. The van der Waals surface area contributed by atoms with Crippen molar-refractivity contribution in [3.05, 3.63) is 0 Å². The van der Waals surface area contributed by atoms with Crippen LogP contribution in [0.15, 0.2) is 0 Å². The van der Waals surface area contributed by atoms with Gasteiger partial charge in [0.1, 0.15) is 7.91 Å². The largest absolute Gasteiger partial charge is 0.786 e. The van der Waals surface area contributed by atoms with E-state index in [2.05, 4.69) is 55.4 Å². The van der Waals surface area contributed by atoms with Gasteiger partial charge in [-0.25, -0.2) is 4.20 Å². The van der Waals surface area contributed by atoms with Crippen molar-refractivity contribution in [1.29, 1.82) is 0 Å². The van der Waals surface area contributed by atoms with Crippen molar-refractivity contribution in [2.24, 2.45) is 0 Å². The second-order valence-electron chi connectivity index (χ2n) is 11.7. The summed E-state index contributed by atoms with van der Waals surface area (Å²) in [6, 6.07) is 0. The minimum Gasteiger partial charge on any atom is -0.786 e. The molecule has 5 nitrogen and oxygen atoms in total. The third-order valence-electron chi connectivity index (χ3n) is 7.89. The van der Waals surface area contributed by atoms with E-state index in [1.807, 2.05) is 0 Å². The van der Waals surface area contributed by atoms with Gasteiger partial charge in [0.2, 0.25) is 0 Å². The normalized spacial score (nSPS) is 12.0. The highest BCUT2D eigenvalue weighted by molar-refractivity contribution is 7.42. The van der Waals surface area contributed by atoms with Gasteiger partial charge in [0.15, 0.2) is 0 Å². The van der Waals surface area contributed by atoms with E-state index in [-0.39, 0.29) is 0 Å². The van der Waals surface area contributed by atoms with Crippen molar-refractivity contribution in [2.45, 2.75) is 158 Å². The molecule has 0 radical (unpaired) electrons. The van der Waals surface area contributed by atoms with Crippen molar-refractivity contribution >= 4 is 7.91 Å². The summed E-state index contributed by atoms with van der Waals surface area (Å²) >= 11 is 0. The minimum absolute atomic E-state index is 1.35. The van der Waals surface area contributed by atoms with E-state index in [1.165, 1.54) is 164 Å². The molecule has 0 bridgehead atoms. The van der Waals surface area contributed by atoms with E-state index in [9.17, 15) is 4.20 Å². The van der Waals surface area contributed by atoms with E-state index >= 15 is 0 Å². The number of quaternary nitrogens is 2. The molecule has 240 valence electrons. The highest BCUT2D eigenvalue weighted by atomic mass is 31.2. The Hall–Kier alpha value is -0.0000000000000000555. The van der Waals surface area contributed by atoms with Crippen LogP contribution >= 0.6 is 7.91 Å². The molecule has 39 heavy (non-hydrogen) atoms. The van der Waals surface area contributed by atoms with E-state index < -0.39 is 7.91 Å². The second kappa shape index (κ2) is 29.5. The van der Waals surface area contributed by atoms with Crippen LogP contribution in [0, 0.1) is 0 Å². The summed E-state index contributed by atoms with van der Waals surface area (Å²) in [6.07, 6.45) is 22.1. The summed E-state index contributed by atoms with van der Waals surface area (Å²) in [5, 5.41) is 0. The molecule has 0 aromatic rings. The summed E-state index contributed by atoms with van der Waals surface area (Å²) in [4.78, 5) is 16.9. The van der Waals surface area contributed by atoms with E-state index in [1.54, 1.807) is 0 Å². The Morgan fingerprint density at radius 1 is 0.410 bits per heavy atom. The lowest BCUT2D eigenvalue weighted by atomic mass is 10.1. The molecule has 0 aromatic carbocycles. The number of rotatable bonds is 24. The Kier molecular flexibility index (Phi) is 32.9. The van der Waals surface area contributed by atoms with Gasteiger partial charge in [0.05, 0.1) is 52.4 Å². The van der Waals surface area contributed by atoms with E-state index in [0.29, 0.717) is 0 Å². The Bertz CT molecular complexity index is 412. The first-order valence-electron chi connectivity index (χ1n) is 16.9. The van der Waals surface area contributed by atoms with Crippen molar-refractivity contribution in [1.82, 2.24) is 0 Å². The maximum Gasteiger partial charge on any atom is 0.110 e. The molecule has 0 unspecified atom stereocenters. The zero-order chi connectivity index (χ0) is 30.5. The third-order valence-corrected chi connectivity index (χ3v) is 7.89. The lowest BCUT2D eigenvalue weighted by Crippen LogP contribution is -2.50. The lowest BCUT2D eigenvalue weighted by Gasteiger charge is -2.39. The van der Waals surface area contributed by atoms with Crippen LogP contribution in [0.4, 0.5) is 4.20 Å². The summed E-state index contributed by atoms with van der Waals surface area (Å²) in [7, 11) is -5.64. The summed E-state index contributed by atoms with van der Waals surface area (Å²) in [6.45, 7) is 30.0. The molecule has 0 fully saturated rings. The minimum atomic E-state index is -5.64. The molecule has 0 aliphatic rings. The van der Waals surface area contributed by atoms with Crippen molar-refractivity contribution < 1.29 is 27.5 Å². The number of hydrogen-bond acceptors (Lipinski definition) is 3. The quantitative estimate of drug-likeness (QED) is 0.0844. The maximum atomic E-state index is 10.1. The molecule has 0 atom stereocenters. The van der Waals surface area contributed by atoms with Gasteiger partial charge in [-0.2, -0.15) is 0 Å². The Labute approximate surface area is 245 Å². The van der Waals surface area contributed by atoms with E-state index in [4.69, 9.17) is 14.4 Å². The van der Waals surface area contributed by atoms with Crippen LogP contribution in [0.3, 0.4) is 0 Å². The molecular weight excluding hydrogens is 510 g/mol. The molecule has 0 rings (SSSR count). The number of unbranched alkanes of at least 4 members (excludes halogenated alkanes) is 8. The van der Waals surface area contributed by atoms with Crippen LogP contribution in [-0.4, -0.2) is 61.3 Å². The molecule has 0 spiro atoms. The van der Waals surface area contributed by atoms with Gasteiger partial charge in [-0.15, -0.1) is 0 Å². The molecule has 0 saturated carbocycles. The predicted molar refractivity (Wildman–Crippen MR) is 167 cm³/mol. The summed E-state index contributed by atoms with van der Waals surface area (Å²) in [5.74, 6) is 0. The monoisotopic (exact) mass is 583 g/mol. The number of nitrogens with zero attached hydrogens (tertiary/aromatic N) is 2. The van der Waals surface area contributed by atoms with Gasteiger partial charge in [-0.05, 0) is 51.4 Å². The SMILES string of the molecule is CCCC[N+](CCCC)(CCCC)CCCC.CCCC[N+](CCCC)(CCCC)CCCC.O=P([O-])([O-])F.